The molecule has 1 heterocycles. The van der Waals surface area contributed by atoms with Gasteiger partial charge in [-0.25, -0.2) is 0 Å². The Morgan fingerprint density at radius 2 is 1.53 bits per heavy atom. The number of nitrogens with zero attached hydrogens (tertiary/aromatic N) is 1. The Bertz CT molecular complexity index is 1620. The largest absolute Gasteiger partial charge is 0.417 e. The Balaban J connectivity index is 1.23. The second kappa shape index (κ2) is 12.9. The van der Waals surface area contributed by atoms with Crippen LogP contribution in [0.3, 0.4) is 0 Å². The van der Waals surface area contributed by atoms with Crippen molar-refractivity contribution in [1.82, 2.24) is 5.32 Å². The van der Waals surface area contributed by atoms with Gasteiger partial charge < -0.3 is 20.3 Å². The van der Waals surface area contributed by atoms with E-state index in [9.17, 15) is 22.8 Å². The molecule has 0 aliphatic carbocycles. The van der Waals surface area contributed by atoms with Crippen molar-refractivity contribution in [2.45, 2.75) is 19.6 Å². The van der Waals surface area contributed by atoms with Gasteiger partial charge in [0.25, 0.3) is 11.8 Å². The molecule has 222 valence electrons. The van der Waals surface area contributed by atoms with E-state index in [0.717, 1.165) is 41.5 Å². The molecule has 0 radical (unpaired) electrons. The molecule has 1 saturated heterocycles. The fraction of sp³-hybridized carbons (Fsp3) is 0.212. The van der Waals surface area contributed by atoms with E-state index in [2.05, 4.69) is 15.5 Å². The quantitative estimate of drug-likeness (QED) is 0.230. The molecule has 0 bridgehead atoms. The number of ether oxygens (including phenoxy) is 1. The van der Waals surface area contributed by atoms with Crippen LogP contribution in [0, 0.1) is 6.92 Å². The number of alkyl halides is 3. The van der Waals surface area contributed by atoms with Crippen LogP contribution in [0.4, 0.5) is 24.5 Å². The van der Waals surface area contributed by atoms with Gasteiger partial charge in [-0.05, 0) is 89.8 Å². The van der Waals surface area contributed by atoms with Crippen LogP contribution < -0.4 is 15.5 Å². The molecular formula is C33H29ClF3N3O3. The highest BCUT2D eigenvalue weighted by molar-refractivity contribution is 6.31. The van der Waals surface area contributed by atoms with Gasteiger partial charge >= 0.3 is 6.18 Å². The predicted octanol–water partition coefficient (Wildman–Crippen LogP) is 7.35. The standard InChI is InChI=1S/C33H29ClF3N3O3/c1-21-2-4-25(32(42)39-26-9-11-27(12-10-26)40-14-16-43-17-15-40)19-28(21)23-5-7-24(8-6-23)31(41)38-20-22-3-13-30(34)29(18-22)33(35,36)37/h2-13,18-19H,14-17,20H2,1H3,(H,38,41)(H,39,42). The molecule has 6 nitrogen and oxygen atoms in total. The number of carbonyl (C=O) groups is 2. The molecule has 5 rings (SSSR count). The maximum Gasteiger partial charge on any atom is 0.417 e. The van der Waals surface area contributed by atoms with Crippen LogP contribution in [0.5, 0.6) is 0 Å². The number of rotatable bonds is 7. The minimum atomic E-state index is -4.59. The highest BCUT2D eigenvalue weighted by Gasteiger charge is 2.33. The zero-order valence-electron chi connectivity index (χ0n) is 23.3. The second-order valence-electron chi connectivity index (χ2n) is 10.2. The van der Waals surface area contributed by atoms with Gasteiger partial charge in [0, 0.05) is 42.1 Å². The van der Waals surface area contributed by atoms with E-state index in [0.29, 0.717) is 30.0 Å². The van der Waals surface area contributed by atoms with E-state index in [4.69, 9.17) is 16.3 Å². The molecule has 4 aromatic rings. The van der Waals surface area contributed by atoms with Crippen LogP contribution in [0.2, 0.25) is 5.02 Å². The van der Waals surface area contributed by atoms with E-state index in [1.807, 2.05) is 37.3 Å². The molecule has 0 atom stereocenters. The summed E-state index contributed by atoms with van der Waals surface area (Å²) in [4.78, 5) is 28.0. The molecular weight excluding hydrogens is 579 g/mol. The third kappa shape index (κ3) is 7.36. The Morgan fingerprint density at radius 3 is 2.21 bits per heavy atom. The van der Waals surface area contributed by atoms with E-state index < -0.39 is 22.7 Å². The zero-order valence-corrected chi connectivity index (χ0v) is 24.1. The summed E-state index contributed by atoms with van der Waals surface area (Å²) in [5.41, 5.74) is 4.53. The summed E-state index contributed by atoms with van der Waals surface area (Å²) in [7, 11) is 0. The molecule has 0 unspecified atom stereocenters. The maximum atomic E-state index is 13.1. The highest BCUT2D eigenvalue weighted by atomic mass is 35.5. The molecule has 4 aromatic carbocycles. The number of anilines is 2. The molecule has 0 spiro atoms. The van der Waals surface area contributed by atoms with Gasteiger partial charge in [0.2, 0.25) is 0 Å². The first-order valence-electron chi connectivity index (χ1n) is 13.7. The van der Waals surface area contributed by atoms with Gasteiger partial charge in [0.15, 0.2) is 0 Å². The monoisotopic (exact) mass is 607 g/mol. The summed E-state index contributed by atoms with van der Waals surface area (Å²) in [6.07, 6.45) is -4.59. The number of morpholine rings is 1. The first kappa shape index (κ1) is 30.1. The Kier molecular flexibility index (Phi) is 9.03. The highest BCUT2D eigenvalue weighted by Crippen LogP contribution is 2.35. The van der Waals surface area contributed by atoms with Crippen LogP contribution >= 0.6 is 11.6 Å². The van der Waals surface area contributed by atoms with Gasteiger partial charge in [-0.2, -0.15) is 13.2 Å². The number of halogens is 4. The number of nitrogens with one attached hydrogen (secondary N) is 2. The molecule has 0 aromatic heterocycles. The number of benzene rings is 4. The van der Waals surface area contributed by atoms with Crippen molar-refractivity contribution < 1.29 is 27.5 Å². The lowest BCUT2D eigenvalue weighted by Crippen LogP contribution is -2.36. The average Bonchev–Trinajstić information content (AvgIpc) is 3.01. The zero-order chi connectivity index (χ0) is 30.6. The third-order valence-electron chi connectivity index (χ3n) is 7.25. The van der Waals surface area contributed by atoms with Crippen LogP contribution in [0.15, 0.2) is 84.9 Å². The van der Waals surface area contributed by atoms with E-state index >= 15 is 0 Å². The van der Waals surface area contributed by atoms with Crippen LogP contribution in [-0.4, -0.2) is 38.1 Å². The van der Waals surface area contributed by atoms with Crippen molar-refractivity contribution in [1.29, 1.82) is 0 Å². The smallest absolute Gasteiger partial charge is 0.378 e. The summed E-state index contributed by atoms with van der Waals surface area (Å²) in [5.74, 6) is -0.674. The molecule has 1 aliphatic rings. The molecule has 1 aliphatic heterocycles. The van der Waals surface area contributed by atoms with Crippen molar-refractivity contribution in [3.8, 4) is 11.1 Å². The second-order valence-corrected chi connectivity index (χ2v) is 10.6. The molecule has 10 heteroatoms. The molecule has 1 fully saturated rings. The van der Waals surface area contributed by atoms with Crippen LogP contribution in [0.1, 0.15) is 37.4 Å². The topological polar surface area (TPSA) is 70.7 Å². The summed E-state index contributed by atoms with van der Waals surface area (Å²) in [5, 5.41) is 5.20. The Hall–Kier alpha value is -4.34. The number of hydrogen-bond acceptors (Lipinski definition) is 4. The molecule has 2 N–H and O–H groups in total. The van der Waals surface area contributed by atoms with E-state index in [1.54, 1.807) is 36.4 Å². The van der Waals surface area contributed by atoms with E-state index in [1.165, 1.54) is 12.1 Å². The van der Waals surface area contributed by atoms with Crippen LogP contribution in [-0.2, 0) is 17.5 Å². The van der Waals surface area contributed by atoms with Crippen molar-refractivity contribution in [2.24, 2.45) is 0 Å². The Labute approximate surface area is 252 Å². The lowest BCUT2D eigenvalue weighted by Gasteiger charge is -2.28. The van der Waals surface area contributed by atoms with Gasteiger partial charge in [-0.1, -0.05) is 35.9 Å². The fourth-order valence-electron chi connectivity index (χ4n) is 4.84. The van der Waals surface area contributed by atoms with Crippen molar-refractivity contribution in [3.63, 3.8) is 0 Å². The Morgan fingerprint density at radius 1 is 0.860 bits per heavy atom. The minimum absolute atomic E-state index is 0.0902. The number of amides is 2. The third-order valence-corrected chi connectivity index (χ3v) is 7.58. The fourth-order valence-corrected chi connectivity index (χ4v) is 5.06. The molecule has 2 amide bonds. The lowest BCUT2D eigenvalue weighted by atomic mass is 9.97. The predicted molar refractivity (Wildman–Crippen MR) is 162 cm³/mol. The normalized spacial score (nSPS) is 13.5. The summed E-state index contributed by atoms with van der Waals surface area (Å²) >= 11 is 5.67. The maximum absolute atomic E-state index is 13.1. The summed E-state index contributed by atoms with van der Waals surface area (Å²) in [6, 6.07) is 23.5. The summed E-state index contributed by atoms with van der Waals surface area (Å²) < 4.78 is 44.8. The first-order valence-corrected chi connectivity index (χ1v) is 14.1. The van der Waals surface area contributed by atoms with Gasteiger partial charge in [0.1, 0.15) is 0 Å². The number of aryl methyl sites for hydroxylation is 1. The van der Waals surface area contributed by atoms with E-state index in [-0.39, 0.29) is 18.0 Å². The SMILES string of the molecule is Cc1ccc(C(=O)Nc2ccc(N3CCOCC3)cc2)cc1-c1ccc(C(=O)NCc2ccc(Cl)c(C(F)(F)F)c2)cc1. The van der Waals surface area contributed by atoms with Crippen molar-refractivity contribution in [3.05, 3.63) is 118 Å². The minimum Gasteiger partial charge on any atom is -0.378 e. The van der Waals surface area contributed by atoms with Crippen LogP contribution in [0.25, 0.3) is 11.1 Å². The molecule has 43 heavy (non-hydrogen) atoms. The van der Waals surface area contributed by atoms with Gasteiger partial charge in [-0.3, -0.25) is 9.59 Å². The molecule has 0 saturated carbocycles. The van der Waals surface area contributed by atoms with Crippen molar-refractivity contribution in [2.75, 3.05) is 36.5 Å². The number of hydrogen-bond donors (Lipinski definition) is 2. The first-order chi connectivity index (χ1) is 20.6. The van der Waals surface area contributed by atoms with Gasteiger partial charge in [0.05, 0.1) is 23.8 Å². The van der Waals surface area contributed by atoms with Crippen molar-refractivity contribution >= 4 is 34.8 Å². The lowest BCUT2D eigenvalue weighted by molar-refractivity contribution is -0.137. The summed E-state index contributed by atoms with van der Waals surface area (Å²) in [6.45, 7) is 4.90. The average molecular weight is 608 g/mol. The number of carbonyl (C=O) groups excluding carboxylic acids is 2. The van der Waals surface area contributed by atoms with Gasteiger partial charge in [-0.15, -0.1) is 0 Å².